The van der Waals surface area contributed by atoms with Gasteiger partial charge in [0.1, 0.15) is 5.78 Å². The number of carbonyl (C=O) groups excluding carboxylic acids is 1. The third kappa shape index (κ3) is 2.48. The van der Waals surface area contributed by atoms with Crippen LogP contribution in [0.15, 0.2) is 0 Å². The molecule has 12 atom stereocenters. The SMILES string of the molecule is CC1CCC2C(C)C3CCC4C5CC(=O)C6CC(O)CCC6(C)C5CC4(O)C3N2C1. The van der Waals surface area contributed by atoms with Crippen molar-refractivity contribution in [2.45, 2.75) is 102 Å². The normalized spacial score (nSPS) is 60.4. The minimum Gasteiger partial charge on any atom is -0.393 e. The van der Waals surface area contributed by atoms with Gasteiger partial charge in [-0.15, -0.1) is 0 Å². The first kappa shape index (κ1) is 20.2. The second kappa shape index (κ2) is 6.54. The zero-order valence-corrected chi connectivity index (χ0v) is 19.1. The Morgan fingerprint density at radius 3 is 2.63 bits per heavy atom. The van der Waals surface area contributed by atoms with Crippen LogP contribution in [0, 0.1) is 46.8 Å². The quantitative estimate of drug-likeness (QED) is 0.634. The third-order valence-corrected chi connectivity index (χ3v) is 11.5. The molecule has 0 aromatic heterocycles. The molecule has 4 heteroatoms. The molecule has 4 saturated carbocycles. The van der Waals surface area contributed by atoms with Crippen LogP contribution in [0.2, 0.25) is 0 Å². The highest BCUT2D eigenvalue weighted by Crippen LogP contribution is 2.67. The van der Waals surface area contributed by atoms with Gasteiger partial charge in [0.05, 0.1) is 11.7 Å². The van der Waals surface area contributed by atoms with Gasteiger partial charge < -0.3 is 10.2 Å². The van der Waals surface area contributed by atoms with Gasteiger partial charge in [0.15, 0.2) is 0 Å². The Balaban J connectivity index is 1.37. The van der Waals surface area contributed by atoms with Crippen molar-refractivity contribution in [2.24, 2.45) is 46.8 Å². The van der Waals surface area contributed by atoms with Gasteiger partial charge >= 0.3 is 0 Å². The molecule has 4 aliphatic carbocycles. The van der Waals surface area contributed by atoms with Crippen molar-refractivity contribution in [1.29, 1.82) is 0 Å². The standard InChI is InChI=1S/C26H41NO3/c1-14-4-7-22-15(2)17-5-6-19-18-11-23(29)20-10-16(28)8-9-25(20,3)21(18)12-26(19,30)24(17)27(22)13-14/h14-22,24,28,30H,4-13H2,1-3H3. The van der Waals surface area contributed by atoms with Gasteiger partial charge in [-0.25, -0.2) is 0 Å². The van der Waals surface area contributed by atoms with E-state index in [1.54, 1.807) is 0 Å². The molecule has 0 amide bonds. The van der Waals surface area contributed by atoms with Gasteiger partial charge in [-0.1, -0.05) is 20.8 Å². The van der Waals surface area contributed by atoms with Crippen LogP contribution >= 0.6 is 0 Å². The molecule has 6 aliphatic rings. The van der Waals surface area contributed by atoms with E-state index in [0.29, 0.717) is 60.3 Å². The summed E-state index contributed by atoms with van der Waals surface area (Å²) < 4.78 is 0. The summed E-state index contributed by atoms with van der Waals surface area (Å²) in [6.07, 6.45) is 8.60. The number of aliphatic hydroxyl groups is 2. The van der Waals surface area contributed by atoms with E-state index in [0.717, 1.165) is 38.1 Å². The lowest BCUT2D eigenvalue weighted by atomic mass is 9.51. The molecule has 168 valence electrons. The topological polar surface area (TPSA) is 60.8 Å². The number of carbonyl (C=O) groups is 1. The van der Waals surface area contributed by atoms with E-state index < -0.39 is 5.60 Å². The van der Waals surface area contributed by atoms with Gasteiger partial charge in [0.2, 0.25) is 0 Å². The molecule has 2 aliphatic heterocycles. The predicted octanol–water partition coefficient (Wildman–Crippen LogP) is 3.64. The lowest BCUT2D eigenvalue weighted by Gasteiger charge is -2.52. The summed E-state index contributed by atoms with van der Waals surface area (Å²) in [5.74, 6) is 3.51. The minimum atomic E-state index is -0.618. The lowest BCUT2D eigenvalue weighted by molar-refractivity contribution is -0.145. The number of piperidine rings is 1. The maximum absolute atomic E-state index is 13.2. The van der Waals surface area contributed by atoms with Crippen LogP contribution in [-0.2, 0) is 4.79 Å². The van der Waals surface area contributed by atoms with Crippen LogP contribution in [0.3, 0.4) is 0 Å². The van der Waals surface area contributed by atoms with Crippen LogP contribution in [0.5, 0.6) is 0 Å². The summed E-state index contributed by atoms with van der Waals surface area (Å²) in [5, 5.41) is 22.8. The van der Waals surface area contributed by atoms with Gasteiger partial charge in [-0.2, -0.15) is 0 Å². The van der Waals surface area contributed by atoms with Crippen LogP contribution in [-0.4, -0.2) is 51.2 Å². The average molecular weight is 416 g/mol. The van der Waals surface area contributed by atoms with E-state index in [9.17, 15) is 15.0 Å². The van der Waals surface area contributed by atoms with Crippen molar-refractivity contribution in [3.63, 3.8) is 0 Å². The maximum Gasteiger partial charge on any atom is 0.136 e. The largest absolute Gasteiger partial charge is 0.393 e. The fraction of sp³-hybridized carbons (Fsp3) is 0.962. The number of rotatable bonds is 0. The van der Waals surface area contributed by atoms with Crippen molar-refractivity contribution in [3.8, 4) is 0 Å². The van der Waals surface area contributed by atoms with E-state index in [-0.39, 0.29) is 17.4 Å². The second-order valence-electron chi connectivity index (χ2n) is 12.7. The zero-order valence-electron chi connectivity index (χ0n) is 19.1. The molecule has 6 fully saturated rings. The number of fused-ring (bicyclic) bond motifs is 9. The summed E-state index contributed by atoms with van der Waals surface area (Å²) in [5.41, 5.74) is -0.646. The number of nitrogens with zero attached hydrogens (tertiary/aromatic N) is 1. The van der Waals surface area contributed by atoms with Crippen molar-refractivity contribution < 1.29 is 15.0 Å². The minimum absolute atomic E-state index is 0.00677. The monoisotopic (exact) mass is 415 g/mol. The van der Waals surface area contributed by atoms with Crippen molar-refractivity contribution in [3.05, 3.63) is 0 Å². The van der Waals surface area contributed by atoms with Crippen LogP contribution in [0.1, 0.15) is 78.6 Å². The predicted molar refractivity (Wildman–Crippen MR) is 116 cm³/mol. The zero-order chi connectivity index (χ0) is 21.0. The number of hydrogen-bond acceptors (Lipinski definition) is 4. The van der Waals surface area contributed by atoms with Gasteiger partial charge in [-0.3, -0.25) is 9.69 Å². The van der Waals surface area contributed by atoms with Crippen LogP contribution in [0.4, 0.5) is 0 Å². The number of hydrogen-bond donors (Lipinski definition) is 2. The molecule has 6 rings (SSSR count). The Morgan fingerprint density at radius 1 is 1.03 bits per heavy atom. The molecule has 4 nitrogen and oxygen atoms in total. The maximum atomic E-state index is 13.2. The molecule has 0 aromatic carbocycles. The van der Waals surface area contributed by atoms with Gasteiger partial charge in [0.25, 0.3) is 0 Å². The molecular formula is C26H41NO3. The molecule has 30 heavy (non-hydrogen) atoms. The van der Waals surface area contributed by atoms with Crippen molar-refractivity contribution in [2.75, 3.05) is 6.54 Å². The molecular weight excluding hydrogens is 374 g/mol. The fourth-order valence-corrected chi connectivity index (χ4v) is 10.1. The Labute approximate surface area is 181 Å². The summed E-state index contributed by atoms with van der Waals surface area (Å²) >= 11 is 0. The molecule has 2 saturated heterocycles. The van der Waals surface area contributed by atoms with Gasteiger partial charge in [0, 0.05) is 31.0 Å². The Kier molecular flexibility index (Phi) is 4.40. The lowest BCUT2D eigenvalue weighted by Crippen LogP contribution is -2.60. The molecule has 0 spiro atoms. The van der Waals surface area contributed by atoms with E-state index >= 15 is 0 Å². The number of Topliss-reactive ketones (excluding diaryl/α,β-unsaturated/α-hetero) is 1. The van der Waals surface area contributed by atoms with E-state index in [1.165, 1.54) is 19.3 Å². The Hall–Kier alpha value is -0.450. The summed E-state index contributed by atoms with van der Waals surface area (Å²) in [7, 11) is 0. The fourth-order valence-electron chi connectivity index (χ4n) is 10.1. The molecule has 0 bridgehead atoms. The van der Waals surface area contributed by atoms with Crippen molar-refractivity contribution >= 4 is 5.78 Å². The molecule has 12 unspecified atom stereocenters. The Bertz CT molecular complexity index is 740. The first-order valence-corrected chi connectivity index (χ1v) is 12.9. The molecule has 0 aromatic rings. The smallest absolute Gasteiger partial charge is 0.136 e. The van der Waals surface area contributed by atoms with E-state index in [4.69, 9.17) is 0 Å². The summed E-state index contributed by atoms with van der Waals surface area (Å²) in [4.78, 5) is 16.0. The second-order valence-corrected chi connectivity index (χ2v) is 12.7. The first-order chi connectivity index (χ1) is 14.2. The summed E-state index contributed by atoms with van der Waals surface area (Å²) in [6.45, 7) is 8.31. The van der Waals surface area contributed by atoms with Gasteiger partial charge in [-0.05, 0) is 92.3 Å². The average Bonchev–Trinajstić information content (AvgIpc) is 3.16. The molecule has 0 radical (unpaired) electrons. The highest BCUT2D eigenvalue weighted by atomic mass is 16.3. The number of aliphatic hydroxyl groups excluding tert-OH is 1. The van der Waals surface area contributed by atoms with E-state index in [2.05, 4.69) is 25.7 Å². The third-order valence-electron chi connectivity index (χ3n) is 11.5. The van der Waals surface area contributed by atoms with Crippen molar-refractivity contribution in [1.82, 2.24) is 4.90 Å². The molecule has 2 N–H and O–H groups in total. The highest BCUT2D eigenvalue weighted by Gasteiger charge is 2.70. The summed E-state index contributed by atoms with van der Waals surface area (Å²) in [6, 6.07) is 0.951. The first-order valence-electron chi connectivity index (χ1n) is 12.9. The number of ketones is 1. The van der Waals surface area contributed by atoms with Crippen LogP contribution < -0.4 is 0 Å². The molecule has 2 heterocycles. The Morgan fingerprint density at radius 2 is 1.83 bits per heavy atom. The highest BCUT2D eigenvalue weighted by molar-refractivity contribution is 5.83. The van der Waals surface area contributed by atoms with E-state index in [1.807, 2.05) is 0 Å². The van der Waals surface area contributed by atoms with Crippen LogP contribution in [0.25, 0.3) is 0 Å².